The van der Waals surface area contributed by atoms with Crippen molar-refractivity contribution in [1.29, 1.82) is 0 Å². The van der Waals surface area contributed by atoms with E-state index in [1.165, 1.54) is 23.5 Å². The van der Waals surface area contributed by atoms with Gasteiger partial charge in [0, 0.05) is 23.7 Å². The summed E-state index contributed by atoms with van der Waals surface area (Å²) in [6.07, 6.45) is 0.873. The average molecular weight is 295 g/mol. The number of rotatable bonds is 5. The quantitative estimate of drug-likeness (QED) is 0.832. The Morgan fingerprint density at radius 1 is 1.50 bits per heavy atom. The summed E-state index contributed by atoms with van der Waals surface area (Å²) < 4.78 is 14.1. The number of nitrogens with zero attached hydrogens (tertiary/aromatic N) is 1. The molecular formula is C14H18FN3OS. The molecule has 0 aliphatic rings. The highest BCUT2D eigenvalue weighted by Gasteiger charge is 2.19. The molecule has 1 amide bonds. The number of carbonyl (C=O) groups is 1. The Balaban J connectivity index is 2.24. The molecule has 0 unspecified atom stereocenters. The zero-order chi connectivity index (χ0) is 14.7. The molecule has 0 bridgehead atoms. The predicted octanol–water partition coefficient (Wildman–Crippen LogP) is 2.30. The Labute approximate surface area is 121 Å². The van der Waals surface area contributed by atoms with Gasteiger partial charge in [-0.3, -0.25) is 4.79 Å². The lowest BCUT2D eigenvalue weighted by molar-refractivity contribution is 0.0799. The molecule has 0 radical (unpaired) electrons. The van der Waals surface area contributed by atoms with Crippen LogP contribution in [0, 0.1) is 5.82 Å². The number of anilines is 1. The van der Waals surface area contributed by atoms with E-state index in [9.17, 15) is 9.18 Å². The molecule has 0 fully saturated rings. The fourth-order valence-electron chi connectivity index (χ4n) is 2.02. The maximum atomic E-state index is 13.2. The zero-order valence-electron chi connectivity index (χ0n) is 11.6. The number of carbonyl (C=O) groups excluding carboxylic acids is 1. The van der Waals surface area contributed by atoms with Gasteiger partial charge < -0.3 is 16.0 Å². The van der Waals surface area contributed by atoms with Crippen LogP contribution < -0.4 is 11.1 Å². The smallest absolute Gasteiger partial charge is 0.265 e. The molecule has 6 heteroatoms. The molecule has 1 aromatic carbocycles. The second-order valence-electron chi connectivity index (χ2n) is 4.67. The number of nitrogens with one attached hydrogen (secondary N) is 1. The fraction of sp³-hybridized carbons (Fsp3) is 0.357. The standard InChI is InChI=1S/C14H18FN3OS/c1-17-6-3-7-18(2)14(19)13-12(16)10-8-9(15)4-5-11(10)20-13/h4-5,8,17H,3,6-7,16H2,1-2H3. The molecule has 0 saturated heterocycles. The van der Waals surface area contributed by atoms with Crippen molar-refractivity contribution < 1.29 is 9.18 Å². The highest BCUT2D eigenvalue weighted by molar-refractivity contribution is 7.21. The molecule has 2 aromatic rings. The SMILES string of the molecule is CNCCCN(C)C(=O)c1sc2ccc(F)cc2c1N. The monoisotopic (exact) mass is 295 g/mol. The number of nitrogens with two attached hydrogens (primary N) is 1. The van der Waals surface area contributed by atoms with Crippen LogP contribution in [0.2, 0.25) is 0 Å². The van der Waals surface area contributed by atoms with Gasteiger partial charge in [0.15, 0.2) is 0 Å². The van der Waals surface area contributed by atoms with Gasteiger partial charge >= 0.3 is 0 Å². The minimum atomic E-state index is -0.344. The van der Waals surface area contributed by atoms with E-state index in [1.54, 1.807) is 18.0 Å². The van der Waals surface area contributed by atoms with Crippen LogP contribution in [0.15, 0.2) is 18.2 Å². The second kappa shape index (κ2) is 6.19. The van der Waals surface area contributed by atoms with Crippen LogP contribution in [0.4, 0.5) is 10.1 Å². The first-order valence-corrected chi connectivity index (χ1v) is 7.24. The summed E-state index contributed by atoms with van der Waals surface area (Å²) in [5.74, 6) is -0.455. The van der Waals surface area contributed by atoms with Gasteiger partial charge in [-0.15, -0.1) is 11.3 Å². The minimum absolute atomic E-state index is 0.111. The van der Waals surface area contributed by atoms with Gasteiger partial charge in [-0.1, -0.05) is 0 Å². The van der Waals surface area contributed by atoms with E-state index in [2.05, 4.69) is 5.32 Å². The number of fused-ring (bicyclic) bond motifs is 1. The van der Waals surface area contributed by atoms with Crippen molar-refractivity contribution in [3.05, 3.63) is 28.9 Å². The van der Waals surface area contributed by atoms with E-state index in [0.717, 1.165) is 17.7 Å². The van der Waals surface area contributed by atoms with Crippen LogP contribution in [0.3, 0.4) is 0 Å². The number of hydrogen-bond donors (Lipinski definition) is 2. The molecule has 0 spiro atoms. The lowest BCUT2D eigenvalue weighted by atomic mass is 10.2. The Kier molecular flexibility index (Phi) is 4.57. The number of hydrogen-bond acceptors (Lipinski definition) is 4. The number of benzene rings is 1. The van der Waals surface area contributed by atoms with Gasteiger partial charge in [-0.25, -0.2) is 4.39 Å². The molecular weight excluding hydrogens is 277 g/mol. The van der Waals surface area contributed by atoms with Crippen LogP contribution in [0.1, 0.15) is 16.1 Å². The lowest BCUT2D eigenvalue weighted by Crippen LogP contribution is -2.29. The third-order valence-electron chi connectivity index (χ3n) is 3.15. The number of nitrogen functional groups attached to an aromatic ring is 1. The Morgan fingerprint density at radius 3 is 2.95 bits per heavy atom. The van der Waals surface area contributed by atoms with Gasteiger partial charge in [0.25, 0.3) is 5.91 Å². The van der Waals surface area contributed by atoms with Crippen molar-refractivity contribution in [1.82, 2.24) is 10.2 Å². The first-order chi connectivity index (χ1) is 9.54. The normalized spacial score (nSPS) is 10.9. The van der Waals surface area contributed by atoms with Gasteiger partial charge in [-0.2, -0.15) is 0 Å². The fourth-order valence-corrected chi connectivity index (χ4v) is 3.11. The molecule has 3 N–H and O–H groups in total. The molecule has 0 saturated carbocycles. The summed E-state index contributed by atoms with van der Waals surface area (Å²) in [5.41, 5.74) is 6.36. The minimum Gasteiger partial charge on any atom is -0.397 e. The summed E-state index contributed by atoms with van der Waals surface area (Å²) in [4.78, 5) is 14.5. The van der Waals surface area contributed by atoms with Crippen LogP contribution in [-0.2, 0) is 0 Å². The molecule has 0 aliphatic carbocycles. The largest absolute Gasteiger partial charge is 0.397 e. The van der Waals surface area contributed by atoms with Crippen molar-refractivity contribution in [3.63, 3.8) is 0 Å². The summed E-state index contributed by atoms with van der Waals surface area (Å²) >= 11 is 1.31. The van der Waals surface area contributed by atoms with Crippen LogP contribution in [0.5, 0.6) is 0 Å². The molecule has 108 valence electrons. The maximum Gasteiger partial charge on any atom is 0.265 e. The van der Waals surface area contributed by atoms with Crippen molar-refractivity contribution in [3.8, 4) is 0 Å². The maximum absolute atomic E-state index is 13.2. The van der Waals surface area contributed by atoms with Crippen LogP contribution in [-0.4, -0.2) is 38.0 Å². The third-order valence-corrected chi connectivity index (χ3v) is 4.32. The van der Waals surface area contributed by atoms with E-state index in [0.29, 0.717) is 22.5 Å². The molecule has 0 atom stereocenters. The average Bonchev–Trinajstić information content (AvgIpc) is 2.75. The van der Waals surface area contributed by atoms with Crippen molar-refractivity contribution in [2.75, 3.05) is 32.9 Å². The van der Waals surface area contributed by atoms with E-state index in [4.69, 9.17) is 5.73 Å². The highest BCUT2D eigenvalue weighted by atomic mass is 32.1. The van der Waals surface area contributed by atoms with E-state index < -0.39 is 0 Å². The Bertz CT molecular complexity index is 626. The van der Waals surface area contributed by atoms with Gasteiger partial charge in [0.1, 0.15) is 10.7 Å². The number of thiophene rings is 1. The molecule has 20 heavy (non-hydrogen) atoms. The van der Waals surface area contributed by atoms with Gasteiger partial charge in [-0.05, 0) is 38.2 Å². The van der Waals surface area contributed by atoms with E-state index in [-0.39, 0.29) is 11.7 Å². The van der Waals surface area contributed by atoms with Gasteiger partial charge in [0.05, 0.1) is 5.69 Å². The first-order valence-electron chi connectivity index (χ1n) is 6.42. The van der Waals surface area contributed by atoms with Gasteiger partial charge in [0.2, 0.25) is 0 Å². The van der Waals surface area contributed by atoms with Crippen molar-refractivity contribution in [2.24, 2.45) is 0 Å². The summed E-state index contributed by atoms with van der Waals surface area (Å²) in [7, 11) is 3.63. The van der Waals surface area contributed by atoms with Crippen molar-refractivity contribution in [2.45, 2.75) is 6.42 Å². The van der Waals surface area contributed by atoms with E-state index in [1.807, 2.05) is 7.05 Å². The van der Waals surface area contributed by atoms with Crippen molar-refractivity contribution >= 4 is 33.0 Å². The highest BCUT2D eigenvalue weighted by Crippen LogP contribution is 2.34. The molecule has 1 heterocycles. The first kappa shape index (κ1) is 14.7. The Hall–Kier alpha value is -1.66. The van der Waals surface area contributed by atoms with Crippen LogP contribution >= 0.6 is 11.3 Å². The number of amides is 1. The molecule has 0 aliphatic heterocycles. The molecule has 2 rings (SSSR count). The third kappa shape index (κ3) is 2.91. The topological polar surface area (TPSA) is 58.4 Å². The van der Waals surface area contributed by atoms with E-state index >= 15 is 0 Å². The number of halogens is 1. The Morgan fingerprint density at radius 2 is 2.25 bits per heavy atom. The second-order valence-corrected chi connectivity index (χ2v) is 5.72. The molecule has 1 aromatic heterocycles. The molecule has 4 nitrogen and oxygen atoms in total. The van der Waals surface area contributed by atoms with Crippen LogP contribution in [0.25, 0.3) is 10.1 Å². The lowest BCUT2D eigenvalue weighted by Gasteiger charge is -2.16. The summed E-state index contributed by atoms with van der Waals surface area (Å²) in [5, 5.41) is 3.65. The summed E-state index contributed by atoms with van der Waals surface area (Å²) in [6, 6.07) is 4.41. The predicted molar refractivity (Wildman–Crippen MR) is 81.7 cm³/mol. The summed E-state index contributed by atoms with van der Waals surface area (Å²) in [6.45, 7) is 1.51. The zero-order valence-corrected chi connectivity index (χ0v) is 12.4.